The molecule has 0 aliphatic rings. The smallest absolute Gasteiger partial charge is 0.387 e. The molecule has 2 aromatic carbocycles. The highest BCUT2D eigenvalue weighted by molar-refractivity contribution is 6.13. The van der Waals surface area contributed by atoms with E-state index in [1.54, 1.807) is 13.0 Å². The van der Waals surface area contributed by atoms with Gasteiger partial charge in [-0.25, -0.2) is 9.78 Å². The lowest BCUT2D eigenvalue weighted by Gasteiger charge is -2.06. The molecule has 0 saturated heterocycles. The van der Waals surface area contributed by atoms with E-state index >= 15 is 0 Å². The Labute approximate surface area is 157 Å². The molecule has 28 heavy (non-hydrogen) atoms. The third kappa shape index (κ3) is 3.06. The number of benzene rings is 2. The van der Waals surface area contributed by atoms with Crippen LogP contribution in [0, 0.1) is 6.92 Å². The number of carbonyl (C=O) groups is 1. The van der Waals surface area contributed by atoms with Gasteiger partial charge in [0.1, 0.15) is 11.8 Å². The van der Waals surface area contributed by atoms with Crippen LogP contribution in [0.3, 0.4) is 0 Å². The monoisotopic (exact) mass is 387 g/mol. The Morgan fingerprint density at radius 3 is 2.82 bits per heavy atom. The fraction of sp³-hybridized carbons (Fsp3) is 0.200. The molecule has 4 rings (SSSR count). The number of alkyl halides is 2. The number of oxazole rings is 1. The molecule has 0 aliphatic carbocycles. The van der Waals surface area contributed by atoms with Gasteiger partial charge in [-0.1, -0.05) is 11.6 Å². The number of hydrogen-bond donors (Lipinski definition) is 0. The van der Waals surface area contributed by atoms with E-state index in [2.05, 4.69) is 9.72 Å². The molecular weight excluding hydrogens is 372 g/mol. The van der Waals surface area contributed by atoms with Crippen molar-refractivity contribution in [3.63, 3.8) is 0 Å². The molecule has 0 fully saturated rings. The number of aryl methyl sites for hydroxylation is 1. The minimum Gasteiger partial charge on any atom is -0.461 e. The summed E-state index contributed by atoms with van der Waals surface area (Å²) in [6.07, 6.45) is 1.19. The van der Waals surface area contributed by atoms with Crippen molar-refractivity contribution in [3.05, 3.63) is 47.9 Å². The molecule has 0 N–H and O–H groups in total. The van der Waals surface area contributed by atoms with E-state index in [1.807, 2.05) is 19.1 Å². The first-order valence-corrected chi connectivity index (χ1v) is 8.51. The van der Waals surface area contributed by atoms with Gasteiger partial charge in [-0.2, -0.15) is 8.78 Å². The number of carbonyl (C=O) groups excluding carboxylic acids is 1. The first-order valence-electron chi connectivity index (χ1n) is 8.51. The molecule has 0 atom stereocenters. The number of fused-ring (bicyclic) bond motifs is 3. The Bertz CT molecular complexity index is 1180. The molecule has 2 aromatic heterocycles. The zero-order chi connectivity index (χ0) is 19.8. The molecule has 4 aromatic rings. The van der Waals surface area contributed by atoms with Crippen molar-refractivity contribution in [1.29, 1.82) is 0 Å². The van der Waals surface area contributed by atoms with Crippen molar-refractivity contribution in [3.8, 4) is 17.2 Å². The molecule has 0 saturated carbocycles. The van der Waals surface area contributed by atoms with Crippen molar-refractivity contribution in [2.45, 2.75) is 20.5 Å². The largest absolute Gasteiger partial charge is 0.461 e. The predicted molar refractivity (Wildman–Crippen MR) is 96.5 cm³/mol. The van der Waals surface area contributed by atoms with Gasteiger partial charge in [0.25, 0.3) is 0 Å². The number of nitrogens with zero attached hydrogens (tertiary/aromatic N) is 1. The Balaban J connectivity index is 1.95. The van der Waals surface area contributed by atoms with E-state index in [4.69, 9.17) is 13.6 Å². The normalized spacial score (nSPS) is 11.5. The standard InChI is InChI=1S/C20H15F2NO5/c1-3-25-19(24)13-9-26-18(23-13)11-5-7-15(28-20(21)22)17-16(11)12-8-10(2)4-6-14(12)27-17/h4-9,20H,3H2,1-2H3. The maximum absolute atomic E-state index is 12.8. The predicted octanol–water partition coefficient (Wildman–Crippen LogP) is 5.33. The summed E-state index contributed by atoms with van der Waals surface area (Å²) in [5.41, 5.74) is 2.11. The number of furan rings is 1. The SMILES string of the molecule is CCOC(=O)c1coc(-c2ccc(OC(F)F)c3oc4ccc(C)cc4c23)n1. The van der Waals surface area contributed by atoms with Crippen LogP contribution in [0.15, 0.2) is 45.4 Å². The lowest BCUT2D eigenvalue weighted by Crippen LogP contribution is -2.04. The molecule has 0 radical (unpaired) electrons. The first kappa shape index (κ1) is 18.0. The molecule has 144 valence electrons. The second-order valence-corrected chi connectivity index (χ2v) is 6.05. The molecule has 0 spiro atoms. The highest BCUT2D eigenvalue weighted by Crippen LogP contribution is 2.41. The summed E-state index contributed by atoms with van der Waals surface area (Å²) in [4.78, 5) is 16.0. The Morgan fingerprint density at radius 2 is 2.07 bits per heavy atom. The van der Waals surface area contributed by atoms with Gasteiger partial charge < -0.3 is 18.3 Å². The fourth-order valence-corrected chi connectivity index (χ4v) is 3.03. The number of ether oxygens (including phenoxy) is 2. The van der Waals surface area contributed by atoms with Gasteiger partial charge >= 0.3 is 12.6 Å². The van der Waals surface area contributed by atoms with Crippen LogP contribution in [-0.2, 0) is 4.74 Å². The van der Waals surface area contributed by atoms with E-state index in [0.717, 1.165) is 5.56 Å². The van der Waals surface area contributed by atoms with Crippen LogP contribution in [0.2, 0.25) is 0 Å². The third-order valence-electron chi connectivity index (χ3n) is 4.17. The quantitative estimate of drug-likeness (QED) is 0.431. The molecular formula is C20H15F2NO5. The average molecular weight is 387 g/mol. The highest BCUT2D eigenvalue weighted by atomic mass is 19.3. The van der Waals surface area contributed by atoms with E-state index in [9.17, 15) is 13.6 Å². The number of aromatic nitrogens is 1. The zero-order valence-electron chi connectivity index (χ0n) is 15.0. The third-order valence-corrected chi connectivity index (χ3v) is 4.17. The Kier molecular flexibility index (Phi) is 4.46. The summed E-state index contributed by atoms with van der Waals surface area (Å²) in [5, 5.41) is 1.20. The summed E-state index contributed by atoms with van der Waals surface area (Å²) in [7, 11) is 0. The van der Waals surface area contributed by atoms with Gasteiger partial charge in [0.2, 0.25) is 5.89 Å². The second-order valence-electron chi connectivity index (χ2n) is 6.05. The summed E-state index contributed by atoms with van der Waals surface area (Å²) in [6, 6.07) is 8.36. The Hall–Kier alpha value is -3.42. The van der Waals surface area contributed by atoms with Crippen molar-refractivity contribution in [2.75, 3.05) is 6.61 Å². The van der Waals surface area contributed by atoms with E-state index in [1.165, 1.54) is 18.4 Å². The van der Waals surface area contributed by atoms with Crippen molar-refractivity contribution in [2.24, 2.45) is 0 Å². The lowest BCUT2D eigenvalue weighted by molar-refractivity contribution is -0.0493. The van der Waals surface area contributed by atoms with Crippen molar-refractivity contribution in [1.82, 2.24) is 4.98 Å². The molecule has 8 heteroatoms. The van der Waals surface area contributed by atoms with Gasteiger partial charge in [-0.05, 0) is 38.1 Å². The van der Waals surface area contributed by atoms with Gasteiger partial charge in [-0.15, -0.1) is 0 Å². The molecule has 0 bridgehead atoms. The fourth-order valence-electron chi connectivity index (χ4n) is 3.03. The van der Waals surface area contributed by atoms with Crippen LogP contribution in [0.25, 0.3) is 33.4 Å². The lowest BCUT2D eigenvalue weighted by atomic mass is 10.0. The summed E-state index contributed by atoms with van der Waals surface area (Å²) >= 11 is 0. The minimum absolute atomic E-state index is 0.0156. The van der Waals surface area contributed by atoms with Crippen molar-refractivity contribution < 1.29 is 31.9 Å². The average Bonchev–Trinajstić information content (AvgIpc) is 3.27. The first-order chi connectivity index (χ1) is 13.5. The van der Waals surface area contributed by atoms with Crippen LogP contribution in [0.4, 0.5) is 8.78 Å². The van der Waals surface area contributed by atoms with Crippen LogP contribution in [0.5, 0.6) is 5.75 Å². The molecule has 0 unspecified atom stereocenters. The minimum atomic E-state index is -3.00. The second kappa shape index (κ2) is 6.95. The van der Waals surface area contributed by atoms with Gasteiger partial charge in [-0.3, -0.25) is 0 Å². The maximum Gasteiger partial charge on any atom is 0.387 e. The van der Waals surface area contributed by atoms with Crippen LogP contribution in [-0.4, -0.2) is 24.2 Å². The van der Waals surface area contributed by atoms with Gasteiger partial charge in [0.15, 0.2) is 17.0 Å². The van der Waals surface area contributed by atoms with E-state index in [0.29, 0.717) is 21.9 Å². The molecule has 6 nitrogen and oxygen atoms in total. The molecule has 2 heterocycles. The van der Waals surface area contributed by atoms with E-state index < -0.39 is 12.6 Å². The zero-order valence-corrected chi connectivity index (χ0v) is 15.0. The van der Waals surface area contributed by atoms with Crippen LogP contribution in [0.1, 0.15) is 23.0 Å². The maximum atomic E-state index is 12.8. The Morgan fingerprint density at radius 1 is 1.25 bits per heavy atom. The highest BCUT2D eigenvalue weighted by Gasteiger charge is 2.22. The molecule has 0 amide bonds. The van der Waals surface area contributed by atoms with Crippen LogP contribution < -0.4 is 4.74 Å². The van der Waals surface area contributed by atoms with Crippen molar-refractivity contribution >= 4 is 27.9 Å². The summed E-state index contributed by atoms with van der Waals surface area (Å²) < 4.78 is 46.4. The van der Waals surface area contributed by atoms with Gasteiger partial charge in [0, 0.05) is 16.3 Å². The summed E-state index contributed by atoms with van der Waals surface area (Å²) in [6.45, 7) is 0.795. The number of rotatable bonds is 5. The number of esters is 1. The topological polar surface area (TPSA) is 74.7 Å². The number of halogens is 2. The van der Waals surface area contributed by atoms with Crippen LogP contribution >= 0.6 is 0 Å². The summed E-state index contributed by atoms with van der Waals surface area (Å²) in [5.74, 6) is -0.570. The molecule has 0 aliphatic heterocycles. The number of hydrogen-bond acceptors (Lipinski definition) is 6. The van der Waals surface area contributed by atoms with E-state index in [-0.39, 0.29) is 29.5 Å². The van der Waals surface area contributed by atoms with Gasteiger partial charge in [0.05, 0.1) is 6.61 Å².